The fourth-order valence-corrected chi connectivity index (χ4v) is 1.47. The molecule has 0 bridgehead atoms. The fraction of sp³-hybridized carbons (Fsp3) is 0.231. The van der Waals surface area contributed by atoms with E-state index in [-0.39, 0.29) is 6.42 Å². The van der Waals surface area contributed by atoms with Gasteiger partial charge in [0.1, 0.15) is 12.2 Å². The molecule has 1 aliphatic rings. The van der Waals surface area contributed by atoms with Gasteiger partial charge in [-0.25, -0.2) is 0 Å². The topological polar surface area (TPSA) is 61.8 Å². The highest BCUT2D eigenvalue weighted by atomic mass is 16.7. The van der Waals surface area contributed by atoms with Crippen LogP contribution in [0, 0.1) is 0 Å². The average Bonchev–Trinajstić information content (AvgIpc) is 2.36. The first-order chi connectivity index (χ1) is 8.67. The van der Waals surface area contributed by atoms with Crippen LogP contribution in [0.15, 0.2) is 30.3 Å². The van der Waals surface area contributed by atoms with E-state index in [0.29, 0.717) is 0 Å². The maximum absolute atomic E-state index is 11.0. The molecule has 0 N–H and O–H groups in total. The Morgan fingerprint density at radius 1 is 1.17 bits per heavy atom. The molecule has 0 aliphatic carbocycles. The van der Waals surface area contributed by atoms with Crippen molar-refractivity contribution < 1.29 is 23.8 Å². The van der Waals surface area contributed by atoms with Gasteiger partial charge in [-0.05, 0) is 23.8 Å². The van der Waals surface area contributed by atoms with E-state index in [1.165, 1.54) is 6.08 Å². The van der Waals surface area contributed by atoms with Crippen molar-refractivity contribution in [3.05, 3.63) is 35.9 Å². The lowest BCUT2D eigenvalue weighted by molar-refractivity contribution is -0.194. The zero-order chi connectivity index (χ0) is 13.0. The van der Waals surface area contributed by atoms with Crippen molar-refractivity contribution in [3.8, 4) is 5.75 Å². The highest BCUT2D eigenvalue weighted by Crippen LogP contribution is 2.14. The number of carbonyl (C=O) groups is 2. The number of hydrogen-bond donors (Lipinski definition) is 0. The Morgan fingerprint density at radius 3 is 2.33 bits per heavy atom. The Bertz CT molecular complexity index is 459. The van der Waals surface area contributed by atoms with E-state index in [1.54, 1.807) is 25.3 Å². The van der Waals surface area contributed by atoms with Gasteiger partial charge in [0, 0.05) is 0 Å². The molecule has 0 saturated carbocycles. The minimum atomic E-state index is -0.944. The van der Waals surface area contributed by atoms with Gasteiger partial charge < -0.3 is 14.2 Å². The lowest BCUT2D eigenvalue weighted by atomic mass is 10.2. The van der Waals surface area contributed by atoms with Crippen LogP contribution in [0.4, 0.5) is 0 Å². The molecule has 0 amide bonds. The number of ether oxygens (including phenoxy) is 3. The van der Waals surface area contributed by atoms with Gasteiger partial charge >= 0.3 is 11.9 Å². The van der Waals surface area contributed by atoms with Crippen molar-refractivity contribution in [2.75, 3.05) is 7.11 Å². The molecule has 2 rings (SSSR count). The van der Waals surface area contributed by atoms with Crippen LogP contribution in [0.1, 0.15) is 12.0 Å². The van der Waals surface area contributed by atoms with E-state index in [1.807, 2.05) is 12.1 Å². The van der Waals surface area contributed by atoms with Crippen LogP contribution in [0.25, 0.3) is 6.08 Å². The van der Waals surface area contributed by atoms with Crippen LogP contribution in [0.2, 0.25) is 0 Å². The number of methoxy groups -OCH3 is 1. The molecular weight excluding hydrogens is 236 g/mol. The first kappa shape index (κ1) is 12.2. The molecule has 0 aromatic heterocycles. The Hall–Kier alpha value is -2.30. The van der Waals surface area contributed by atoms with Crippen molar-refractivity contribution in [2.24, 2.45) is 0 Å². The van der Waals surface area contributed by atoms with Gasteiger partial charge in [0.15, 0.2) is 0 Å². The molecule has 1 heterocycles. The summed E-state index contributed by atoms with van der Waals surface area (Å²) < 4.78 is 14.7. The van der Waals surface area contributed by atoms with Gasteiger partial charge in [-0.2, -0.15) is 0 Å². The SMILES string of the molecule is COc1ccc(C=CC2OC(=O)CC(=O)O2)cc1. The minimum Gasteiger partial charge on any atom is -0.497 e. The third kappa shape index (κ3) is 3.10. The molecule has 94 valence electrons. The standard InChI is InChI=1S/C13H12O5/c1-16-10-5-2-9(3-6-10)4-7-13-17-11(14)8-12(15)18-13/h2-7,13H,8H2,1H3. The smallest absolute Gasteiger partial charge is 0.320 e. The van der Waals surface area contributed by atoms with Gasteiger partial charge in [-0.15, -0.1) is 0 Å². The quantitative estimate of drug-likeness (QED) is 0.599. The van der Waals surface area contributed by atoms with Gasteiger partial charge in [-0.1, -0.05) is 18.2 Å². The Labute approximate surface area is 104 Å². The van der Waals surface area contributed by atoms with Crippen LogP contribution in [-0.4, -0.2) is 25.3 Å². The van der Waals surface area contributed by atoms with Crippen molar-refractivity contribution >= 4 is 18.0 Å². The zero-order valence-electron chi connectivity index (χ0n) is 9.79. The zero-order valence-corrected chi connectivity index (χ0v) is 9.79. The molecule has 1 saturated heterocycles. The maximum Gasteiger partial charge on any atom is 0.320 e. The molecular formula is C13H12O5. The predicted octanol–water partition coefficient (Wildman–Crippen LogP) is 1.52. The van der Waals surface area contributed by atoms with Crippen LogP contribution in [-0.2, 0) is 19.1 Å². The summed E-state index contributed by atoms with van der Waals surface area (Å²) in [6.07, 6.45) is 1.94. The van der Waals surface area contributed by atoms with Crippen LogP contribution >= 0.6 is 0 Å². The molecule has 0 spiro atoms. The van der Waals surface area contributed by atoms with Crippen LogP contribution in [0.5, 0.6) is 5.75 Å². The second-order valence-corrected chi connectivity index (χ2v) is 3.66. The van der Waals surface area contributed by atoms with Gasteiger partial charge in [-0.3, -0.25) is 9.59 Å². The second kappa shape index (κ2) is 5.35. The third-order valence-corrected chi connectivity index (χ3v) is 2.35. The molecule has 1 aliphatic heterocycles. The van der Waals surface area contributed by atoms with Crippen molar-refractivity contribution in [1.82, 2.24) is 0 Å². The summed E-state index contributed by atoms with van der Waals surface area (Å²) in [5, 5.41) is 0. The Morgan fingerprint density at radius 2 is 1.78 bits per heavy atom. The summed E-state index contributed by atoms with van der Waals surface area (Å²) in [7, 11) is 1.59. The predicted molar refractivity (Wildman–Crippen MR) is 62.6 cm³/mol. The minimum absolute atomic E-state index is 0.327. The largest absolute Gasteiger partial charge is 0.497 e. The molecule has 0 atom stereocenters. The first-order valence-electron chi connectivity index (χ1n) is 5.38. The van der Waals surface area contributed by atoms with Gasteiger partial charge in [0.05, 0.1) is 7.11 Å². The molecule has 1 aromatic rings. The summed E-state index contributed by atoms with van der Waals surface area (Å²) >= 11 is 0. The molecule has 5 nitrogen and oxygen atoms in total. The summed E-state index contributed by atoms with van der Waals surface area (Å²) in [4.78, 5) is 22.0. The molecule has 0 unspecified atom stereocenters. The van der Waals surface area contributed by atoms with Crippen LogP contribution < -0.4 is 4.74 Å². The van der Waals surface area contributed by atoms with E-state index < -0.39 is 18.2 Å². The average molecular weight is 248 g/mol. The summed E-state index contributed by atoms with van der Waals surface area (Å²) in [5.41, 5.74) is 0.883. The fourth-order valence-electron chi connectivity index (χ4n) is 1.47. The number of benzene rings is 1. The van der Waals surface area contributed by atoms with Gasteiger partial charge in [0.25, 0.3) is 6.29 Å². The van der Waals surface area contributed by atoms with Crippen LogP contribution in [0.3, 0.4) is 0 Å². The Kier molecular flexibility index (Phi) is 3.62. The summed E-state index contributed by atoms with van der Waals surface area (Å²) in [6, 6.07) is 7.28. The van der Waals surface area contributed by atoms with E-state index in [4.69, 9.17) is 14.2 Å². The van der Waals surface area contributed by atoms with E-state index in [9.17, 15) is 9.59 Å². The molecule has 0 radical (unpaired) electrons. The van der Waals surface area contributed by atoms with Gasteiger partial charge in [0.2, 0.25) is 0 Å². The highest BCUT2D eigenvalue weighted by Gasteiger charge is 2.25. The second-order valence-electron chi connectivity index (χ2n) is 3.66. The molecule has 1 aromatic carbocycles. The summed E-state index contributed by atoms with van der Waals surface area (Å²) in [5.74, 6) is -0.395. The first-order valence-corrected chi connectivity index (χ1v) is 5.38. The lowest BCUT2D eigenvalue weighted by Gasteiger charge is -2.19. The van der Waals surface area contributed by atoms with Crippen molar-refractivity contribution in [1.29, 1.82) is 0 Å². The molecule has 18 heavy (non-hydrogen) atoms. The summed E-state index contributed by atoms with van der Waals surface area (Å²) in [6.45, 7) is 0. The van der Waals surface area contributed by atoms with E-state index in [2.05, 4.69) is 0 Å². The highest BCUT2D eigenvalue weighted by molar-refractivity contribution is 5.92. The van der Waals surface area contributed by atoms with E-state index >= 15 is 0 Å². The maximum atomic E-state index is 11.0. The Balaban J connectivity index is 2.01. The number of rotatable bonds is 3. The monoisotopic (exact) mass is 248 g/mol. The van der Waals surface area contributed by atoms with E-state index in [0.717, 1.165) is 11.3 Å². The molecule has 5 heteroatoms. The van der Waals surface area contributed by atoms with Crippen molar-refractivity contribution in [3.63, 3.8) is 0 Å². The number of cyclic esters (lactones) is 2. The third-order valence-electron chi connectivity index (χ3n) is 2.35. The molecule has 1 fully saturated rings. The number of esters is 2. The van der Waals surface area contributed by atoms with Crippen molar-refractivity contribution in [2.45, 2.75) is 12.7 Å². The number of carbonyl (C=O) groups excluding carboxylic acids is 2. The lowest BCUT2D eigenvalue weighted by Crippen LogP contribution is -2.30. The normalized spacial score (nSPS) is 16.5. The number of hydrogen-bond acceptors (Lipinski definition) is 5.